The number of carboxylic acids is 1. The first-order chi connectivity index (χ1) is 5.65. The molecule has 3 atom stereocenters. The molecule has 1 fully saturated rings. The van der Waals surface area contributed by atoms with Crippen LogP contribution in [0.15, 0.2) is 0 Å². The summed E-state index contributed by atoms with van der Waals surface area (Å²) in [4.78, 5) is 10.4. The molecule has 3 nitrogen and oxygen atoms in total. The smallest absolute Gasteiger partial charge is 0.332 e. The Labute approximate surface area is 72.4 Å². The van der Waals surface area contributed by atoms with Crippen molar-refractivity contribution in [1.82, 2.24) is 0 Å². The molecule has 0 aromatic carbocycles. The maximum atomic E-state index is 10.4. The van der Waals surface area contributed by atoms with Crippen LogP contribution >= 0.6 is 0 Å². The summed E-state index contributed by atoms with van der Waals surface area (Å²) in [5.74, 6) is -0.451. The maximum absolute atomic E-state index is 10.4. The summed E-state index contributed by atoms with van der Waals surface area (Å²) in [6, 6.07) is 0. The average Bonchev–Trinajstić information content (AvgIpc) is 2.50. The average molecular weight is 172 g/mol. The largest absolute Gasteiger partial charge is 0.479 e. The van der Waals surface area contributed by atoms with Crippen molar-refractivity contribution < 1.29 is 15.0 Å². The lowest BCUT2D eigenvalue weighted by Crippen LogP contribution is -2.27. The summed E-state index contributed by atoms with van der Waals surface area (Å²) in [7, 11) is 0. The van der Waals surface area contributed by atoms with E-state index in [2.05, 4.69) is 6.92 Å². The predicted octanol–water partition coefficient (Wildman–Crippen LogP) is 1.26. The van der Waals surface area contributed by atoms with Gasteiger partial charge >= 0.3 is 5.97 Å². The highest BCUT2D eigenvalue weighted by atomic mass is 16.4. The van der Waals surface area contributed by atoms with Gasteiger partial charge in [0.15, 0.2) is 6.10 Å². The number of carbonyl (C=O) groups is 1. The van der Waals surface area contributed by atoms with E-state index in [9.17, 15) is 9.90 Å². The van der Waals surface area contributed by atoms with Gasteiger partial charge in [-0.25, -0.2) is 4.79 Å². The Bertz CT molecular complexity index is 167. The molecule has 0 bridgehead atoms. The molecule has 12 heavy (non-hydrogen) atoms. The van der Waals surface area contributed by atoms with Gasteiger partial charge in [-0.05, 0) is 24.7 Å². The molecule has 3 heteroatoms. The zero-order chi connectivity index (χ0) is 9.14. The van der Waals surface area contributed by atoms with Crippen molar-refractivity contribution in [2.45, 2.75) is 38.7 Å². The van der Waals surface area contributed by atoms with E-state index in [0.29, 0.717) is 5.92 Å². The van der Waals surface area contributed by atoms with Gasteiger partial charge in [-0.3, -0.25) is 0 Å². The van der Waals surface area contributed by atoms with Gasteiger partial charge in [0.1, 0.15) is 0 Å². The summed E-state index contributed by atoms with van der Waals surface area (Å²) in [6.07, 6.45) is 2.78. The molecule has 0 heterocycles. The topological polar surface area (TPSA) is 57.5 Å². The van der Waals surface area contributed by atoms with E-state index in [-0.39, 0.29) is 5.92 Å². The monoisotopic (exact) mass is 172 g/mol. The minimum Gasteiger partial charge on any atom is -0.479 e. The first-order valence-electron chi connectivity index (χ1n) is 4.56. The third-order valence-corrected chi connectivity index (χ3v) is 2.86. The SMILES string of the molecule is CCC1CCC(C(O)C(=O)O)C1. The Hall–Kier alpha value is -0.570. The van der Waals surface area contributed by atoms with Crippen molar-refractivity contribution in [3.05, 3.63) is 0 Å². The Morgan fingerprint density at radius 3 is 2.67 bits per heavy atom. The Balaban J connectivity index is 2.41. The molecule has 70 valence electrons. The Morgan fingerprint density at radius 2 is 2.25 bits per heavy atom. The fourth-order valence-electron chi connectivity index (χ4n) is 1.97. The van der Waals surface area contributed by atoms with Crippen LogP contribution in [0.1, 0.15) is 32.6 Å². The van der Waals surface area contributed by atoms with Crippen LogP contribution in [0.3, 0.4) is 0 Å². The third-order valence-electron chi connectivity index (χ3n) is 2.86. The van der Waals surface area contributed by atoms with Gasteiger partial charge in [0, 0.05) is 0 Å². The summed E-state index contributed by atoms with van der Waals surface area (Å²) in [5, 5.41) is 17.8. The first kappa shape index (κ1) is 9.52. The van der Waals surface area contributed by atoms with Gasteiger partial charge in [-0.15, -0.1) is 0 Å². The summed E-state index contributed by atoms with van der Waals surface area (Å²) in [6.45, 7) is 2.11. The van der Waals surface area contributed by atoms with E-state index < -0.39 is 12.1 Å². The van der Waals surface area contributed by atoms with Crippen LogP contribution in [0.2, 0.25) is 0 Å². The quantitative estimate of drug-likeness (QED) is 0.673. The van der Waals surface area contributed by atoms with E-state index >= 15 is 0 Å². The molecule has 0 aromatic heterocycles. The molecule has 0 spiro atoms. The highest BCUT2D eigenvalue weighted by molar-refractivity contribution is 5.72. The molecule has 3 unspecified atom stereocenters. The number of aliphatic hydroxyl groups is 1. The van der Waals surface area contributed by atoms with Gasteiger partial charge in [-0.2, -0.15) is 0 Å². The zero-order valence-electron chi connectivity index (χ0n) is 7.36. The summed E-state index contributed by atoms with van der Waals surface area (Å²) < 4.78 is 0. The normalized spacial score (nSPS) is 31.8. The van der Waals surface area contributed by atoms with E-state index in [1.165, 1.54) is 0 Å². The second-order valence-electron chi connectivity index (χ2n) is 3.63. The molecule has 0 amide bonds. The molecule has 0 radical (unpaired) electrons. The van der Waals surface area contributed by atoms with Crippen LogP contribution in [-0.4, -0.2) is 22.3 Å². The lowest BCUT2D eigenvalue weighted by Gasteiger charge is -2.13. The Kier molecular flexibility index (Phi) is 3.09. The van der Waals surface area contributed by atoms with E-state index in [4.69, 9.17) is 5.11 Å². The van der Waals surface area contributed by atoms with Gasteiger partial charge in [0.05, 0.1) is 0 Å². The molecule has 1 rings (SSSR count). The minimum absolute atomic E-state index is 0.00699. The van der Waals surface area contributed by atoms with Gasteiger partial charge in [-0.1, -0.05) is 19.8 Å². The lowest BCUT2D eigenvalue weighted by molar-refractivity contribution is -0.149. The number of aliphatic carboxylic acids is 1. The minimum atomic E-state index is -1.14. The van der Waals surface area contributed by atoms with Crippen LogP contribution in [-0.2, 0) is 4.79 Å². The van der Waals surface area contributed by atoms with Crippen molar-refractivity contribution in [2.24, 2.45) is 11.8 Å². The number of hydrogen-bond acceptors (Lipinski definition) is 2. The molecule has 1 saturated carbocycles. The van der Waals surface area contributed by atoms with Crippen molar-refractivity contribution in [3.8, 4) is 0 Å². The third kappa shape index (κ3) is 1.97. The molecule has 1 aliphatic rings. The van der Waals surface area contributed by atoms with Crippen molar-refractivity contribution in [3.63, 3.8) is 0 Å². The van der Waals surface area contributed by atoms with Crippen LogP contribution in [0.5, 0.6) is 0 Å². The highest BCUT2D eigenvalue weighted by Gasteiger charge is 2.32. The van der Waals surface area contributed by atoms with E-state index in [0.717, 1.165) is 25.7 Å². The second-order valence-corrected chi connectivity index (χ2v) is 3.63. The van der Waals surface area contributed by atoms with E-state index in [1.54, 1.807) is 0 Å². The highest BCUT2D eigenvalue weighted by Crippen LogP contribution is 2.34. The van der Waals surface area contributed by atoms with Crippen LogP contribution in [0.25, 0.3) is 0 Å². The van der Waals surface area contributed by atoms with Gasteiger partial charge in [0.2, 0.25) is 0 Å². The van der Waals surface area contributed by atoms with Crippen molar-refractivity contribution in [1.29, 1.82) is 0 Å². The van der Waals surface area contributed by atoms with Gasteiger partial charge in [0.25, 0.3) is 0 Å². The van der Waals surface area contributed by atoms with Gasteiger partial charge < -0.3 is 10.2 Å². The number of carboxylic acid groups (broad SMARTS) is 1. The van der Waals surface area contributed by atoms with Crippen LogP contribution < -0.4 is 0 Å². The lowest BCUT2D eigenvalue weighted by atomic mass is 9.98. The van der Waals surface area contributed by atoms with Crippen molar-refractivity contribution >= 4 is 5.97 Å². The Morgan fingerprint density at radius 1 is 1.58 bits per heavy atom. The summed E-state index contributed by atoms with van der Waals surface area (Å²) in [5.41, 5.74) is 0. The maximum Gasteiger partial charge on any atom is 0.332 e. The standard InChI is InChI=1S/C9H16O3/c1-2-6-3-4-7(5-6)8(10)9(11)12/h6-8,10H,2-5H2,1H3,(H,11,12). The summed E-state index contributed by atoms with van der Waals surface area (Å²) >= 11 is 0. The number of rotatable bonds is 3. The van der Waals surface area contributed by atoms with Crippen LogP contribution in [0.4, 0.5) is 0 Å². The molecule has 0 aliphatic heterocycles. The molecular formula is C9H16O3. The second kappa shape index (κ2) is 3.90. The number of aliphatic hydroxyl groups excluding tert-OH is 1. The van der Waals surface area contributed by atoms with Crippen LogP contribution in [0, 0.1) is 11.8 Å². The van der Waals surface area contributed by atoms with Crippen molar-refractivity contribution in [2.75, 3.05) is 0 Å². The van der Waals surface area contributed by atoms with E-state index in [1.807, 2.05) is 0 Å². The molecular weight excluding hydrogens is 156 g/mol. The predicted molar refractivity (Wildman–Crippen MR) is 44.8 cm³/mol. The fraction of sp³-hybridized carbons (Fsp3) is 0.889. The molecule has 0 saturated heterocycles. The molecule has 2 N–H and O–H groups in total. The first-order valence-corrected chi connectivity index (χ1v) is 4.56. The molecule has 1 aliphatic carbocycles. The molecule has 0 aromatic rings. The fourth-order valence-corrected chi connectivity index (χ4v) is 1.97. The number of hydrogen-bond donors (Lipinski definition) is 2. The zero-order valence-corrected chi connectivity index (χ0v) is 7.36.